The average molecular weight is 492 g/mol. The van der Waals surface area contributed by atoms with Gasteiger partial charge in [-0.15, -0.1) is 0 Å². The van der Waals surface area contributed by atoms with Gasteiger partial charge >= 0.3 is 6.09 Å². The number of aliphatic hydroxyl groups excluding tert-OH is 1. The number of aliphatic hydroxyl groups is 1. The minimum Gasteiger partial charge on any atom is -0.508 e. The van der Waals surface area contributed by atoms with Crippen LogP contribution in [0, 0.1) is 6.92 Å². The number of anilines is 1. The van der Waals surface area contributed by atoms with Crippen LogP contribution in [-0.4, -0.2) is 58.3 Å². The second kappa shape index (κ2) is 11.7. The number of benzene rings is 2. The first-order valence-electron chi connectivity index (χ1n) is 10.6. The summed E-state index contributed by atoms with van der Waals surface area (Å²) in [7, 11) is 0. The number of alkyl carbamates (subject to hydrolysis) is 1. The number of halogens is 1. The van der Waals surface area contributed by atoms with Gasteiger partial charge in [-0.2, -0.15) is 0 Å². The molecule has 0 heterocycles. The summed E-state index contributed by atoms with van der Waals surface area (Å²) in [6.07, 6.45) is -0.796. The van der Waals surface area contributed by atoms with E-state index < -0.39 is 42.7 Å². The molecule has 3 amide bonds. The Morgan fingerprint density at radius 3 is 2.41 bits per heavy atom. The number of nitrogens with zero attached hydrogens (tertiary/aromatic N) is 1. The Morgan fingerprint density at radius 1 is 1.15 bits per heavy atom. The lowest BCUT2D eigenvalue weighted by atomic mass is 10.0. The number of hydrogen-bond acceptors (Lipinski definition) is 6. The third-order valence-corrected chi connectivity index (χ3v) is 4.98. The van der Waals surface area contributed by atoms with Gasteiger partial charge in [0, 0.05) is 6.54 Å². The van der Waals surface area contributed by atoms with Gasteiger partial charge in [0.1, 0.15) is 23.9 Å². The molecule has 1 atom stereocenters. The Labute approximate surface area is 203 Å². The molecule has 2 rings (SSSR count). The zero-order chi connectivity index (χ0) is 25.5. The summed E-state index contributed by atoms with van der Waals surface area (Å²) >= 11 is 6.25. The van der Waals surface area contributed by atoms with Crippen LogP contribution in [0.1, 0.15) is 37.9 Å². The van der Waals surface area contributed by atoms with E-state index >= 15 is 0 Å². The first-order chi connectivity index (χ1) is 15.9. The van der Waals surface area contributed by atoms with Gasteiger partial charge in [-0.25, -0.2) is 4.79 Å². The standard InChI is InChI=1S/C24H30ClN3O6/c1-15-7-5-10-18(25)20(15)27-22(32)21(16-8-6-9-17(30)13-16)28(11-12-29)19(31)14-26-23(33)34-24(2,3)4/h5-10,13,21,29-30H,11-12,14H2,1-4H3,(H,26,33)(H,27,32). The molecule has 4 N–H and O–H groups in total. The maximum absolute atomic E-state index is 13.4. The van der Waals surface area contributed by atoms with Crippen molar-refractivity contribution in [3.63, 3.8) is 0 Å². The smallest absolute Gasteiger partial charge is 0.408 e. The Bertz CT molecular complexity index is 1020. The van der Waals surface area contributed by atoms with E-state index in [2.05, 4.69) is 10.6 Å². The van der Waals surface area contributed by atoms with E-state index in [0.29, 0.717) is 21.8 Å². The number of carbonyl (C=O) groups excluding carboxylic acids is 3. The van der Waals surface area contributed by atoms with Crippen LogP contribution in [0.15, 0.2) is 42.5 Å². The highest BCUT2D eigenvalue weighted by Crippen LogP contribution is 2.30. The van der Waals surface area contributed by atoms with E-state index in [1.165, 1.54) is 18.2 Å². The van der Waals surface area contributed by atoms with Crippen LogP contribution in [0.2, 0.25) is 5.02 Å². The summed E-state index contributed by atoms with van der Waals surface area (Å²) in [6.45, 7) is 5.72. The molecule has 0 radical (unpaired) electrons. The maximum atomic E-state index is 13.4. The van der Waals surface area contributed by atoms with E-state index in [4.69, 9.17) is 16.3 Å². The first kappa shape index (κ1) is 26.9. The maximum Gasteiger partial charge on any atom is 0.408 e. The minimum atomic E-state index is -1.23. The van der Waals surface area contributed by atoms with Crippen molar-refractivity contribution in [1.29, 1.82) is 0 Å². The Balaban J connectivity index is 2.37. The minimum absolute atomic E-state index is 0.104. The quantitative estimate of drug-likeness (QED) is 0.448. The highest BCUT2D eigenvalue weighted by Gasteiger charge is 2.32. The number of hydrogen-bond donors (Lipinski definition) is 4. The molecular formula is C24H30ClN3O6. The molecular weight excluding hydrogens is 462 g/mol. The molecule has 0 spiro atoms. The molecule has 0 fully saturated rings. The molecule has 0 aliphatic heterocycles. The van der Waals surface area contributed by atoms with E-state index in [1.807, 2.05) is 0 Å². The monoisotopic (exact) mass is 491 g/mol. The highest BCUT2D eigenvalue weighted by molar-refractivity contribution is 6.34. The number of ether oxygens (including phenoxy) is 1. The van der Waals surface area contributed by atoms with Gasteiger partial charge < -0.3 is 30.5 Å². The second-order valence-electron chi connectivity index (χ2n) is 8.58. The Hall–Kier alpha value is -3.30. The highest BCUT2D eigenvalue weighted by atomic mass is 35.5. The van der Waals surface area contributed by atoms with Crippen molar-refractivity contribution < 1.29 is 29.3 Å². The molecule has 0 saturated carbocycles. The topological polar surface area (TPSA) is 128 Å². The number of rotatable bonds is 8. The molecule has 2 aromatic rings. The number of aryl methyl sites for hydroxylation is 1. The largest absolute Gasteiger partial charge is 0.508 e. The molecule has 9 nitrogen and oxygen atoms in total. The summed E-state index contributed by atoms with van der Waals surface area (Å²) in [5.74, 6) is -1.35. The van der Waals surface area contributed by atoms with Gasteiger partial charge in [0.15, 0.2) is 0 Å². The lowest BCUT2D eigenvalue weighted by Gasteiger charge is -2.31. The number of amides is 3. The first-order valence-corrected chi connectivity index (χ1v) is 11.0. The van der Waals surface area contributed by atoms with Crippen molar-refractivity contribution in [2.24, 2.45) is 0 Å². The molecule has 0 aliphatic carbocycles. The van der Waals surface area contributed by atoms with Gasteiger partial charge in [0.05, 0.1) is 17.3 Å². The lowest BCUT2D eigenvalue weighted by molar-refractivity contribution is -0.138. The van der Waals surface area contributed by atoms with E-state index in [9.17, 15) is 24.6 Å². The Morgan fingerprint density at radius 2 is 1.82 bits per heavy atom. The van der Waals surface area contributed by atoms with Crippen LogP contribution >= 0.6 is 11.6 Å². The van der Waals surface area contributed by atoms with E-state index in [1.54, 1.807) is 52.0 Å². The average Bonchev–Trinajstić information content (AvgIpc) is 2.73. The SMILES string of the molecule is Cc1cccc(Cl)c1NC(=O)C(c1cccc(O)c1)N(CCO)C(=O)CNC(=O)OC(C)(C)C. The fourth-order valence-corrected chi connectivity index (χ4v) is 3.49. The third-order valence-electron chi connectivity index (χ3n) is 4.66. The molecule has 1 unspecified atom stereocenters. The number of nitrogens with one attached hydrogen (secondary N) is 2. The van der Waals surface area contributed by atoms with Crippen LogP contribution in [0.5, 0.6) is 5.75 Å². The van der Waals surface area contributed by atoms with Crippen LogP contribution in [-0.2, 0) is 14.3 Å². The van der Waals surface area contributed by atoms with Gasteiger partial charge in [-0.1, -0.05) is 35.9 Å². The summed E-state index contributed by atoms with van der Waals surface area (Å²) in [6, 6.07) is 9.78. The molecule has 2 aromatic carbocycles. The van der Waals surface area contributed by atoms with Crippen molar-refractivity contribution in [2.75, 3.05) is 25.0 Å². The van der Waals surface area contributed by atoms with Crippen LogP contribution in [0.25, 0.3) is 0 Å². The van der Waals surface area contributed by atoms with Crippen molar-refractivity contribution in [1.82, 2.24) is 10.2 Å². The van der Waals surface area contributed by atoms with Gasteiger partial charge in [0.25, 0.3) is 5.91 Å². The fourth-order valence-electron chi connectivity index (χ4n) is 3.22. The van der Waals surface area contributed by atoms with Crippen molar-refractivity contribution in [2.45, 2.75) is 39.3 Å². The number of phenols is 1. The van der Waals surface area contributed by atoms with Crippen molar-refractivity contribution >= 4 is 35.2 Å². The van der Waals surface area contributed by atoms with Gasteiger partial charge in [-0.05, 0) is 57.0 Å². The summed E-state index contributed by atoms with van der Waals surface area (Å²) in [5.41, 5.74) is 0.639. The Kier molecular flexibility index (Phi) is 9.28. The van der Waals surface area contributed by atoms with E-state index in [0.717, 1.165) is 4.90 Å². The molecule has 10 heteroatoms. The van der Waals surface area contributed by atoms with Crippen LogP contribution in [0.3, 0.4) is 0 Å². The normalized spacial score (nSPS) is 11.9. The second-order valence-corrected chi connectivity index (χ2v) is 8.99. The molecule has 0 aromatic heterocycles. The summed E-state index contributed by atoms with van der Waals surface area (Å²) in [5, 5.41) is 25.0. The van der Waals surface area contributed by atoms with Gasteiger partial charge in [0.2, 0.25) is 5.91 Å². The predicted molar refractivity (Wildman–Crippen MR) is 129 cm³/mol. The summed E-state index contributed by atoms with van der Waals surface area (Å²) in [4.78, 5) is 39.6. The van der Waals surface area contributed by atoms with E-state index in [-0.39, 0.29) is 12.3 Å². The number of aromatic hydroxyl groups is 1. The zero-order valence-corrected chi connectivity index (χ0v) is 20.3. The number of phenolic OH excluding ortho intramolecular Hbond substituents is 1. The molecule has 0 bridgehead atoms. The lowest BCUT2D eigenvalue weighted by Crippen LogP contribution is -2.47. The van der Waals surface area contributed by atoms with Crippen LogP contribution < -0.4 is 10.6 Å². The van der Waals surface area contributed by atoms with Crippen LogP contribution in [0.4, 0.5) is 10.5 Å². The predicted octanol–water partition coefficient (Wildman–Crippen LogP) is 3.38. The molecule has 0 aliphatic rings. The molecule has 184 valence electrons. The van der Waals surface area contributed by atoms with Crippen molar-refractivity contribution in [3.8, 4) is 5.75 Å². The zero-order valence-electron chi connectivity index (χ0n) is 19.6. The fraction of sp³-hybridized carbons (Fsp3) is 0.375. The number of para-hydroxylation sites is 1. The van der Waals surface area contributed by atoms with Crippen molar-refractivity contribution in [3.05, 3.63) is 58.6 Å². The third kappa shape index (κ3) is 7.64. The molecule has 0 saturated heterocycles. The van der Waals surface area contributed by atoms with Gasteiger partial charge in [-0.3, -0.25) is 9.59 Å². The summed E-state index contributed by atoms with van der Waals surface area (Å²) < 4.78 is 5.14. The molecule has 34 heavy (non-hydrogen) atoms. The number of carbonyl (C=O) groups is 3.